The van der Waals surface area contributed by atoms with Gasteiger partial charge in [0.2, 0.25) is 11.8 Å². The SMILES string of the molecule is CCCNC(=O)C(C)N(Cc1ccccc1C)C(=O)CN(c1ccccc1OCC)S(=O)(=O)c1ccc(C)cc1. The number of benzene rings is 3. The molecule has 0 aromatic heterocycles. The lowest BCUT2D eigenvalue weighted by atomic mass is 10.1. The molecule has 214 valence electrons. The maximum absolute atomic E-state index is 14.1. The lowest BCUT2D eigenvalue weighted by molar-refractivity contribution is -0.139. The second-order valence-electron chi connectivity index (χ2n) is 9.64. The number of nitrogens with one attached hydrogen (secondary N) is 1. The third-order valence-electron chi connectivity index (χ3n) is 6.64. The summed E-state index contributed by atoms with van der Waals surface area (Å²) in [4.78, 5) is 28.6. The van der Waals surface area contributed by atoms with Crippen LogP contribution in [0, 0.1) is 13.8 Å². The van der Waals surface area contributed by atoms with Crippen molar-refractivity contribution >= 4 is 27.5 Å². The van der Waals surface area contributed by atoms with Crippen LogP contribution in [-0.2, 0) is 26.2 Å². The van der Waals surface area contributed by atoms with E-state index in [1.54, 1.807) is 50.2 Å². The third kappa shape index (κ3) is 7.41. The van der Waals surface area contributed by atoms with E-state index in [1.807, 2.05) is 45.0 Å². The average Bonchev–Trinajstić information content (AvgIpc) is 2.94. The molecule has 0 aliphatic carbocycles. The van der Waals surface area contributed by atoms with E-state index >= 15 is 0 Å². The Kier molecular flexibility index (Phi) is 10.7. The first-order valence-electron chi connectivity index (χ1n) is 13.5. The smallest absolute Gasteiger partial charge is 0.264 e. The molecule has 1 N–H and O–H groups in total. The summed E-state index contributed by atoms with van der Waals surface area (Å²) in [5.41, 5.74) is 2.99. The molecule has 0 aliphatic heterocycles. The van der Waals surface area contributed by atoms with Gasteiger partial charge in [-0.25, -0.2) is 8.42 Å². The number of amides is 2. The summed E-state index contributed by atoms with van der Waals surface area (Å²) < 4.78 is 34.9. The lowest BCUT2D eigenvalue weighted by Crippen LogP contribution is -2.51. The Labute approximate surface area is 238 Å². The summed E-state index contributed by atoms with van der Waals surface area (Å²) in [6.07, 6.45) is 0.751. The molecule has 3 aromatic carbocycles. The largest absolute Gasteiger partial charge is 0.492 e. The number of hydrogen-bond donors (Lipinski definition) is 1. The molecule has 0 fully saturated rings. The van der Waals surface area contributed by atoms with E-state index in [1.165, 1.54) is 17.0 Å². The summed E-state index contributed by atoms with van der Waals surface area (Å²) in [5.74, 6) is -0.469. The van der Waals surface area contributed by atoms with Gasteiger partial charge in [-0.15, -0.1) is 0 Å². The molecule has 0 saturated carbocycles. The van der Waals surface area contributed by atoms with Gasteiger partial charge in [0.05, 0.1) is 17.2 Å². The van der Waals surface area contributed by atoms with Gasteiger partial charge in [-0.1, -0.05) is 61.0 Å². The topological polar surface area (TPSA) is 96.0 Å². The van der Waals surface area contributed by atoms with Gasteiger partial charge in [-0.3, -0.25) is 13.9 Å². The molecule has 0 bridgehead atoms. The van der Waals surface area contributed by atoms with Gasteiger partial charge >= 0.3 is 0 Å². The zero-order valence-corrected chi connectivity index (χ0v) is 24.7. The van der Waals surface area contributed by atoms with Crippen LogP contribution < -0.4 is 14.4 Å². The maximum Gasteiger partial charge on any atom is 0.264 e. The van der Waals surface area contributed by atoms with E-state index in [9.17, 15) is 18.0 Å². The first-order chi connectivity index (χ1) is 19.1. The highest BCUT2D eigenvalue weighted by atomic mass is 32.2. The summed E-state index contributed by atoms with van der Waals surface area (Å²) in [5, 5.41) is 2.86. The van der Waals surface area contributed by atoms with Crippen LogP contribution in [0.3, 0.4) is 0 Å². The van der Waals surface area contributed by atoms with Crippen molar-refractivity contribution in [1.82, 2.24) is 10.2 Å². The van der Waals surface area contributed by atoms with E-state index in [4.69, 9.17) is 4.74 Å². The number of sulfonamides is 1. The molecule has 8 nitrogen and oxygen atoms in total. The number of anilines is 1. The summed E-state index contributed by atoms with van der Waals surface area (Å²) in [6, 6.07) is 20.0. The van der Waals surface area contributed by atoms with Gasteiger partial charge in [-0.2, -0.15) is 0 Å². The first-order valence-corrected chi connectivity index (χ1v) is 15.0. The van der Waals surface area contributed by atoms with Crippen molar-refractivity contribution in [2.24, 2.45) is 0 Å². The van der Waals surface area contributed by atoms with Crippen molar-refractivity contribution in [3.63, 3.8) is 0 Å². The zero-order valence-electron chi connectivity index (χ0n) is 23.9. The minimum atomic E-state index is -4.18. The summed E-state index contributed by atoms with van der Waals surface area (Å²) >= 11 is 0. The van der Waals surface area contributed by atoms with Gasteiger partial charge < -0.3 is 15.0 Å². The fraction of sp³-hybridized carbons (Fsp3) is 0.355. The Morgan fingerprint density at radius 1 is 0.925 bits per heavy atom. The number of ether oxygens (including phenoxy) is 1. The highest BCUT2D eigenvalue weighted by Crippen LogP contribution is 2.33. The van der Waals surface area contributed by atoms with Gasteiger partial charge in [0, 0.05) is 13.1 Å². The predicted octanol–water partition coefficient (Wildman–Crippen LogP) is 4.84. The van der Waals surface area contributed by atoms with Crippen LogP contribution in [0.1, 0.15) is 43.9 Å². The van der Waals surface area contributed by atoms with Crippen molar-refractivity contribution in [2.45, 2.75) is 58.5 Å². The molecule has 0 spiro atoms. The number of aryl methyl sites for hydroxylation is 2. The number of carbonyl (C=O) groups is 2. The minimum absolute atomic E-state index is 0.0522. The third-order valence-corrected chi connectivity index (χ3v) is 8.41. The minimum Gasteiger partial charge on any atom is -0.492 e. The molecule has 1 unspecified atom stereocenters. The van der Waals surface area contributed by atoms with E-state index in [0.29, 0.717) is 18.9 Å². The molecule has 9 heteroatoms. The zero-order chi connectivity index (χ0) is 29.3. The predicted molar refractivity (Wildman–Crippen MR) is 158 cm³/mol. The highest BCUT2D eigenvalue weighted by molar-refractivity contribution is 7.92. The van der Waals surface area contributed by atoms with E-state index in [2.05, 4.69) is 5.32 Å². The number of hydrogen-bond acceptors (Lipinski definition) is 5. The second kappa shape index (κ2) is 14.0. The van der Waals surface area contributed by atoms with Crippen LogP contribution in [0.5, 0.6) is 5.75 Å². The maximum atomic E-state index is 14.1. The van der Waals surface area contributed by atoms with Gasteiger partial charge in [0.15, 0.2) is 0 Å². The van der Waals surface area contributed by atoms with Crippen LogP contribution in [0.4, 0.5) is 5.69 Å². The molecule has 3 aromatic rings. The van der Waals surface area contributed by atoms with Crippen molar-refractivity contribution in [3.8, 4) is 5.75 Å². The average molecular weight is 566 g/mol. The van der Waals surface area contributed by atoms with Gasteiger partial charge in [0.25, 0.3) is 10.0 Å². The number of para-hydroxylation sites is 2. The highest BCUT2D eigenvalue weighted by Gasteiger charge is 2.33. The van der Waals surface area contributed by atoms with Gasteiger partial charge in [-0.05, 0) is 69.5 Å². The number of nitrogens with zero attached hydrogens (tertiary/aromatic N) is 2. The molecule has 0 heterocycles. The van der Waals surface area contributed by atoms with Crippen molar-refractivity contribution < 1.29 is 22.7 Å². The molecular formula is C31H39N3O5S. The standard InChI is InChI=1S/C31H39N3O5S/c1-6-20-32-31(36)25(5)33(21-26-13-9-8-12-24(26)4)30(35)22-34(28-14-10-11-15-29(28)39-7-2)40(37,38)27-18-16-23(3)17-19-27/h8-19,25H,6-7,20-22H2,1-5H3,(H,32,36). The lowest BCUT2D eigenvalue weighted by Gasteiger charge is -2.32. The molecular weight excluding hydrogens is 526 g/mol. The molecule has 3 rings (SSSR count). The van der Waals surface area contributed by atoms with Crippen molar-refractivity contribution in [1.29, 1.82) is 0 Å². The van der Waals surface area contributed by atoms with Crippen LogP contribution in [0.2, 0.25) is 0 Å². The molecule has 0 radical (unpaired) electrons. The molecule has 0 saturated heterocycles. The monoisotopic (exact) mass is 565 g/mol. The Hall–Kier alpha value is -3.85. The fourth-order valence-corrected chi connectivity index (χ4v) is 5.67. The molecule has 1 atom stereocenters. The fourth-order valence-electron chi connectivity index (χ4n) is 4.24. The second-order valence-corrected chi connectivity index (χ2v) is 11.5. The normalized spacial score (nSPS) is 11.9. The summed E-state index contributed by atoms with van der Waals surface area (Å²) in [6.45, 7) is 9.65. The van der Waals surface area contributed by atoms with E-state index < -0.39 is 28.5 Å². The van der Waals surface area contributed by atoms with E-state index in [-0.39, 0.29) is 23.0 Å². The van der Waals surface area contributed by atoms with Crippen molar-refractivity contribution in [3.05, 3.63) is 89.5 Å². The Morgan fingerprint density at radius 2 is 1.57 bits per heavy atom. The Bertz CT molecular complexity index is 1410. The van der Waals surface area contributed by atoms with Crippen LogP contribution in [-0.4, -0.2) is 50.9 Å². The molecule has 0 aliphatic rings. The van der Waals surface area contributed by atoms with Crippen LogP contribution >= 0.6 is 0 Å². The van der Waals surface area contributed by atoms with Crippen LogP contribution in [0.25, 0.3) is 0 Å². The number of carbonyl (C=O) groups excluding carboxylic acids is 2. The van der Waals surface area contributed by atoms with Crippen LogP contribution in [0.15, 0.2) is 77.7 Å². The first kappa shape index (κ1) is 30.7. The molecule has 2 amide bonds. The van der Waals surface area contributed by atoms with Gasteiger partial charge in [0.1, 0.15) is 18.3 Å². The van der Waals surface area contributed by atoms with Crippen molar-refractivity contribution in [2.75, 3.05) is 24.0 Å². The Morgan fingerprint density at radius 3 is 2.23 bits per heavy atom. The van der Waals surface area contributed by atoms with E-state index in [0.717, 1.165) is 27.4 Å². The summed E-state index contributed by atoms with van der Waals surface area (Å²) in [7, 11) is -4.18. The Balaban J connectivity index is 2.08. The number of rotatable bonds is 13. The quantitative estimate of drug-likeness (QED) is 0.320. The molecule has 40 heavy (non-hydrogen) atoms.